The van der Waals surface area contributed by atoms with Crippen molar-refractivity contribution in [1.82, 2.24) is 0 Å². The molecular weight excluding hydrogens is 252 g/mol. The van der Waals surface area contributed by atoms with Gasteiger partial charge in [0.05, 0.1) is 23.7 Å². The van der Waals surface area contributed by atoms with Crippen molar-refractivity contribution in [2.24, 2.45) is 0 Å². The molecule has 5 heteroatoms. The second kappa shape index (κ2) is 6.35. The Kier molecular flexibility index (Phi) is 5.09. The molecule has 0 saturated heterocycles. The Hall–Kier alpha value is -1.62. The van der Waals surface area contributed by atoms with Gasteiger partial charge in [-0.25, -0.2) is 8.42 Å². The topological polar surface area (TPSA) is 60.4 Å². The van der Waals surface area contributed by atoms with Crippen LogP contribution in [0.15, 0.2) is 41.8 Å². The van der Waals surface area contributed by atoms with Crippen LogP contribution < -0.4 is 0 Å². The van der Waals surface area contributed by atoms with Crippen molar-refractivity contribution in [1.29, 1.82) is 0 Å². The Labute approximate surface area is 107 Å². The van der Waals surface area contributed by atoms with E-state index in [2.05, 4.69) is 6.58 Å². The van der Waals surface area contributed by atoms with Crippen LogP contribution in [-0.4, -0.2) is 26.7 Å². The monoisotopic (exact) mass is 268 g/mol. The lowest BCUT2D eigenvalue weighted by atomic mass is 10.1. The second-order valence-electron chi connectivity index (χ2n) is 3.70. The minimum atomic E-state index is -3.30. The van der Waals surface area contributed by atoms with Gasteiger partial charge in [-0.1, -0.05) is 18.2 Å². The third kappa shape index (κ3) is 4.00. The lowest BCUT2D eigenvalue weighted by Crippen LogP contribution is -2.08. The summed E-state index contributed by atoms with van der Waals surface area (Å²) in [4.78, 5) is 11.5. The molecule has 1 aromatic rings. The van der Waals surface area contributed by atoms with Crippen molar-refractivity contribution in [3.8, 4) is 0 Å². The van der Waals surface area contributed by atoms with E-state index in [0.717, 1.165) is 5.56 Å². The molecule has 1 rings (SSSR count). The van der Waals surface area contributed by atoms with Gasteiger partial charge in [0.2, 0.25) is 0 Å². The number of sulfone groups is 1. The lowest BCUT2D eigenvalue weighted by Gasteiger charge is -2.04. The Balaban J connectivity index is 2.80. The first-order valence-electron chi connectivity index (χ1n) is 5.58. The van der Waals surface area contributed by atoms with Crippen molar-refractivity contribution >= 4 is 15.8 Å². The molecule has 0 aliphatic carbocycles. The van der Waals surface area contributed by atoms with Gasteiger partial charge in [0.1, 0.15) is 0 Å². The molecule has 0 radical (unpaired) electrons. The lowest BCUT2D eigenvalue weighted by molar-refractivity contribution is -0.142. The third-order valence-corrected chi connectivity index (χ3v) is 3.94. The van der Waals surface area contributed by atoms with Crippen molar-refractivity contribution < 1.29 is 17.9 Å². The fourth-order valence-corrected chi connectivity index (χ4v) is 2.50. The average Bonchev–Trinajstić information content (AvgIpc) is 2.30. The van der Waals surface area contributed by atoms with Gasteiger partial charge in [0, 0.05) is 0 Å². The van der Waals surface area contributed by atoms with Crippen LogP contribution in [0.5, 0.6) is 0 Å². The summed E-state index contributed by atoms with van der Waals surface area (Å²) in [6.45, 7) is 5.49. The fourth-order valence-electron chi connectivity index (χ4n) is 1.44. The van der Waals surface area contributed by atoms with Gasteiger partial charge in [0.15, 0.2) is 9.84 Å². The van der Waals surface area contributed by atoms with Gasteiger partial charge in [-0.05, 0) is 24.6 Å². The van der Waals surface area contributed by atoms with E-state index < -0.39 is 9.84 Å². The van der Waals surface area contributed by atoms with Gasteiger partial charge >= 0.3 is 5.97 Å². The van der Waals surface area contributed by atoms with E-state index >= 15 is 0 Å². The number of carbonyl (C=O) groups excluding carboxylic acids is 1. The highest BCUT2D eigenvalue weighted by Gasteiger charge is 2.12. The Bertz CT molecular complexity index is 514. The number of hydrogen-bond acceptors (Lipinski definition) is 4. The van der Waals surface area contributed by atoms with Gasteiger partial charge < -0.3 is 4.74 Å². The average molecular weight is 268 g/mol. The van der Waals surface area contributed by atoms with Crippen molar-refractivity contribution in [3.05, 3.63) is 42.5 Å². The summed E-state index contributed by atoms with van der Waals surface area (Å²) >= 11 is 0. The predicted molar refractivity (Wildman–Crippen MR) is 69.0 cm³/mol. The first kappa shape index (κ1) is 14.4. The van der Waals surface area contributed by atoms with Gasteiger partial charge in [-0.2, -0.15) is 0 Å². The normalized spacial score (nSPS) is 10.9. The van der Waals surface area contributed by atoms with E-state index in [1.807, 2.05) is 0 Å². The van der Waals surface area contributed by atoms with Crippen LogP contribution in [0.25, 0.3) is 0 Å². The minimum Gasteiger partial charge on any atom is -0.466 e. The number of benzene rings is 1. The Morgan fingerprint density at radius 2 is 1.94 bits per heavy atom. The van der Waals surface area contributed by atoms with Crippen molar-refractivity contribution in [2.75, 3.05) is 12.4 Å². The van der Waals surface area contributed by atoms with Crippen LogP contribution in [0.4, 0.5) is 0 Å². The molecule has 0 aromatic heterocycles. The van der Waals surface area contributed by atoms with Crippen LogP contribution in [0.3, 0.4) is 0 Å². The molecule has 0 unspecified atom stereocenters. The van der Waals surface area contributed by atoms with Crippen LogP contribution in [0, 0.1) is 0 Å². The van der Waals surface area contributed by atoms with E-state index in [1.165, 1.54) is 18.2 Å². The molecule has 98 valence electrons. The molecule has 0 fully saturated rings. The van der Waals surface area contributed by atoms with Crippen molar-refractivity contribution in [3.63, 3.8) is 0 Å². The zero-order chi connectivity index (χ0) is 13.6. The van der Waals surface area contributed by atoms with Crippen LogP contribution >= 0.6 is 0 Å². The highest BCUT2D eigenvalue weighted by molar-refractivity contribution is 7.91. The van der Waals surface area contributed by atoms with E-state index in [1.54, 1.807) is 19.1 Å². The Morgan fingerprint density at radius 3 is 2.44 bits per heavy atom. The molecule has 0 spiro atoms. The van der Waals surface area contributed by atoms with Crippen LogP contribution in [-0.2, 0) is 25.8 Å². The smallest absolute Gasteiger partial charge is 0.310 e. The summed E-state index contributed by atoms with van der Waals surface area (Å²) < 4.78 is 28.2. The fraction of sp³-hybridized carbons (Fsp3) is 0.308. The summed E-state index contributed by atoms with van der Waals surface area (Å²) in [6, 6.07) is 6.22. The third-order valence-electron chi connectivity index (χ3n) is 2.27. The summed E-state index contributed by atoms with van der Waals surface area (Å²) in [6.07, 6.45) is 1.50. The summed E-state index contributed by atoms with van der Waals surface area (Å²) in [5.41, 5.74) is 0.728. The molecule has 0 aliphatic heterocycles. The number of hydrogen-bond donors (Lipinski definition) is 0. The number of rotatable bonds is 6. The van der Waals surface area contributed by atoms with Gasteiger partial charge in [-0.3, -0.25) is 4.79 Å². The summed E-state index contributed by atoms with van der Waals surface area (Å²) in [5, 5.41) is 0. The first-order chi connectivity index (χ1) is 8.49. The van der Waals surface area contributed by atoms with Crippen molar-refractivity contribution in [2.45, 2.75) is 18.2 Å². The molecule has 4 nitrogen and oxygen atoms in total. The zero-order valence-electron chi connectivity index (χ0n) is 10.3. The molecule has 1 aromatic carbocycles. The van der Waals surface area contributed by atoms with E-state index in [-0.39, 0.29) is 23.0 Å². The highest BCUT2D eigenvalue weighted by atomic mass is 32.2. The highest BCUT2D eigenvalue weighted by Crippen LogP contribution is 2.13. The maximum absolute atomic E-state index is 11.7. The van der Waals surface area contributed by atoms with E-state index in [4.69, 9.17) is 4.74 Å². The molecule has 0 bridgehead atoms. The quantitative estimate of drug-likeness (QED) is 0.582. The standard InChI is InChI=1S/C13H16O4S/c1-3-9-18(15,16)12-7-5-11(6-8-12)10-13(14)17-4-2/h3,5-8H,1,4,9-10H2,2H3. The van der Waals surface area contributed by atoms with E-state index in [9.17, 15) is 13.2 Å². The molecule has 18 heavy (non-hydrogen) atoms. The number of esters is 1. The maximum Gasteiger partial charge on any atom is 0.310 e. The molecular formula is C13H16O4S. The summed E-state index contributed by atoms with van der Waals surface area (Å²) in [7, 11) is -3.30. The minimum absolute atomic E-state index is 0.0930. The second-order valence-corrected chi connectivity index (χ2v) is 5.73. The maximum atomic E-state index is 11.7. The predicted octanol–water partition coefficient (Wildman–Crippen LogP) is 1.75. The number of carbonyl (C=O) groups is 1. The molecule has 0 atom stereocenters. The Morgan fingerprint density at radius 1 is 1.33 bits per heavy atom. The zero-order valence-corrected chi connectivity index (χ0v) is 11.1. The van der Waals surface area contributed by atoms with Crippen LogP contribution in [0.1, 0.15) is 12.5 Å². The molecule has 0 amide bonds. The largest absolute Gasteiger partial charge is 0.466 e. The SMILES string of the molecule is C=CCS(=O)(=O)c1ccc(CC(=O)OCC)cc1. The number of ether oxygens (including phenoxy) is 1. The van der Waals surface area contributed by atoms with E-state index in [0.29, 0.717) is 6.61 Å². The summed E-state index contributed by atoms with van der Waals surface area (Å²) in [5.74, 6) is -0.413. The van der Waals surface area contributed by atoms with Crippen LogP contribution in [0.2, 0.25) is 0 Å². The first-order valence-corrected chi connectivity index (χ1v) is 7.23. The van der Waals surface area contributed by atoms with Gasteiger partial charge in [-0.15, -0.1) is 6.58 Å². The van der Waals surface area contributed by atoms with Gasteiger partial charge in [0.25, 0.3) is 0 Å². The molecule has 0 aliphatic rings. The molecule has 0 heterocycles. The molecule has 0 saturated carbocycles. The molecule has 0 N–H and O–H groups in total.